The lowest BCUT2D eigenvalue weighted by Crippen LogP contribution is -2.37. The lowest BCUT2D eigenvalue weighted by Gasteiger charge is -2.19. The number of aryl methyl sites for hydroxylation is 1. The predicted molar refractivity (Wildman–Crippen MR) is 53.4 cm³/mol. The number of amides is 1. The summed E-state index contributed by atoms with van der Waals surface area (Å²) < 4.78 is 0. The average Bonchev–Trinajstić information content (AvgIpc) is 2.03. The minimum absolute atomic E-state index is 0.0657. The molecule has 3 heteroatoms. The number of rotatable bonds is 2. The first kappa shape index (κ1) is 9.58. The molecule has 1 aromatic carbocycles. The molecule has 0 atom stereocenters. The predicted octanol–water partition coefficient (Wildman–Crippen LogP) is 1.48. The van der Waals surface area contributed by atoms with E-state index < -0.39 is 0 Å². The maximum Gasteiger partial charge on any atom is 0.235 e. The van der Waals surface area contributed by atoms with Crippen LogP contribution in [0.2, 0.25) is 0 Å². The van der Waals surface area contributed by atoms with Crippen LogP contribution in [-0.2, 0) is 4.79 Å². The van der Waals surface area contributed by atoms with Gasteiger partial charge in [-0.25, -0.2) is 0 Å². The summed E-state index contributed by atoms with van der Waals surface area (Å²) in [5.74, 6) is -0.0657. The fourth-order valence-electron chi connectivity index (χ4n) is 1.14. The van der Waals surface area contributed by atoms with Gasteiger partial charge in [-0.15, -0.1) is 0 Å². The standard InChI is InChI=1S/C10H14N2O/c1-8-5-4-6-10(7-8)12(3)11-9(2)13/h4-7H,1-3H3,(H,11,13). The number of nitrogens with zero attached hydrogens (tertiary/aromatic N) is 1. The molecule has 0 aromatic heterocycles. The molecule has 0 saturated carbocycles. The molecule has 0 bridgehead atoms. The Balaban J connectivity index is 2.76. The minimum atomic E-state index is -0.0657. The van der Waals surface area contributed by atoms with Gasteiger partial charge in [-0.3, -0.25) is 15.2 Å². The van der Waals surface area contributed by atoms with Crippen molar-refractivity contribution >= 4 is 11.6 Å². The first-order valence-electron chi connectivity index (χ1n) is 4.17. The first-order chi connectivity index (χ1) is 6.09. The van der Waals surface area contributed by atoms with E-state index >= 15 is 0 Å². The van der Waals surface area contributed by atoms with Crippen molar-refractivity contribution < 1.29 is 4.79 Å². The first-order valence-corrected chi connectivity index (χ1v) is 4.17. The van der Waals surface area contributed by atoms with E-state index in [1.165, 1.54) is 12.5 Å². The van der Waals surface area contributed by atoms with Crippen molar-refractivity contribution in [2.24, 2.45) is 0 Å². The number of carbonyl (C=O) groups excluding carboxylic acids is 1. The zero-order valence-electron chi connectivity index (χ0n) is 8.16. The van der Waals surface area contributed by atoms with Gasteiger partial charge in [-0.2, -0.15) is 0 Å². The molecule has 1 amide bonds. The second kappa shape index (κ2) is 3.94. The SMILES string of the molecule is CC(=O)NN(C)c1cccc(C)c1. The molecular formula is C10H14N2O. The molecule has 0 radical (unpaired) electrons. The number of hydrogen-bond acceptors (Lipinski definition) is 2. The van der Waals surface area contributed by atoms with Crippen molar-refractivity contribution in [1.82, 2.24) is 5.43 Å². The fourth-order valence-corrected chi connectivity index (χ4v) is 1.14. The zero-order valence-corrected chi connectivity index (χ0v) is 8.16. The molecule has 3 nitrogen and oxygen atoms in total. The quantitative estimate of drug-likeness (QED) is 0.696. The van der Waals surface area contributed by atoms with Crippen LogP contribution in [0.25, 0.3) is 0 Å². The van der Waals surface area contributed by atoms with Crippen LogP contribution in [-0.4, -0.2) is 13.0 Å². The number of nitrogens with one attached hydrogen (secondary N) is 1. The van der Waals surface area contributed by atoms with Gasteiger partial charge in [0.2, 0.25) is 5.91 Å². The van der Waals surface area contributed by atoms with Crippen LogP contribution in [0.1, 0.15) is 12.5 Å². The molecule has 70 valence electrons. The Bertz CT molecular complexity index is 310. The summed E-state index contributed by atoms with van der Waals surface area (Å²) >= 11 is 0. The maximum atomic E-state index is 10.8. The van der Waals surface area contributed by atoms with Crippen molar-refractivity contribution in [3.63, 3.8) is 0 Å². The van der Waals surface area contributed by atoms with Crippen molar-refractivity contribution in [1.29, 1.82) is 0 Å². The Morgan fingerprint density at radius 2 is 2.15 bits per heavy atom. The molecule has 1 aromatic rings. The van der Waals surface area contributed by atoms with Crippen LogP contribution in [0.3, 0.4) is 0 Å². The van der Waals surface area contributed by atoms with Gasteiger partial charge in [0.1, 0.15) is 0 Å². The van der Waals surface area contributed by atoms with E-state index in [1.807, 2.05) is 38.2 Å². The fraction of sp³-hybridized carbons (Fsp3) is 0.300. The summed E-state index contributed by atoms with van der Waals surface area (Å²) in [7, 11) is 1.82. The minimum Gasteiger partial charge on any atom is -0.289 e. The molecule has 0 unspecified atom stereocenters. The molecule has 1 rings (SSSR count). The van der Waals surface area contributed by atoms with Crippen LogP contribution in [0, 0.1) is 6.92 Å². The van der Waals surface area contributed by atoms with Crippen LogP contribution in [0.4, 0.5) is 5.69 Å². The number of benzene rings is 1. The van der Waals surface area contributed by atoms with Crippen molar-refractivity contribution in [2.45, 2.75) is 13.8 Å². The molecule has 0 aliphatic heterocycles. The van der Waals surface area contributed by atoms with E-state index in [0.717, 1.165) is 5.69 Å². The van der Waals surface area contributed by atoms with Crippen molar-refractivity contribution in [3.8, 4) is 0 Å². The smallest absolute Gasteiger partial charge is 0.235 e. The van der Waals surface area contributed by atoms with Gasteiger partial charge in [-0.05, 0) is 24.6 Å². The van der Waals surface area contributed by atoms with Gasteiger partial charge in [0.05, 0.1) is 5.69 Å². The Morgan fingerprint density at radius 1 is 1.46 bits per heavy atom. The van der Waals surface area contributed by atoms with Crippen molar-refractivity contribution in [2.75, 3.05) is 12.1 Å². The van der Waals surface area contributed by atoms with E-state index in [-0.39, 0.29) is 5.91 Å². The van der Waals surface area contributed by atoms with E-state index in [0.29, 0.717) is 0 Å². The second-order valence-corrected chi connectivity index (χ2v) is 3.07. The highest BCUT2D eigenvalue weighted by Crippen LogP contribution is 2.11. The Morgan fingerprint density at radius 3 is 2.69 bits per heavy atom. The molecule has 13 heavy (non-hydrogen) atoms. The van der Waals surface area contributed by atoms with Crippen LogP contribution in [0.5, 0.6) is 0 Å². The molecule has 0 saturated heterocycles. The highest BCUT2D eigenvalue weighted by molar-refractivity contribution is 5.75. The van der Waals surface area contributed by atoms with Gasteiger partial charge in [0, 0.05) is 14.0 Å². The molecule has 0 heterocycles. The Hall–Kier alpha value is -1.51. The highest BCUT2D eigenvalue weighted by atomic mass is 16.2. The number of hydrogen-bond donors (Lipinski definition) is 1. The molecule has 0 aliphatic carbocycles. The number of hydrazine groups is 1. The van der Waals surface area contributed by atoms with Gasteiger partial charge < -0.3 is 0 Å². The monoisotopic (exact) mass is 178 g/mol. The second-order valence-electron chi connectivity index (χ2n) is 3.07. The Kier molecular flexibility index (Phi) is 2.90. The molecule has 0 aliphatic rings. The largest absolute Gasteiger partial charge is 0.289 e. The van der Waals surface area contributed by atoms with E-state index in [1.54, 1.807) is 5.01 Å². The lowest BCUT2D eigenvalue weighted by atomic mass is 10.2. The molecular weight excluding hydrogens is 164 g/mol. The maximum absolute atomic E-state index is 10.8. The lowest BCUT2D eigenvalue weighted by molar-refractivity contribution is -0.119. The van der Waals surface area contributed by atoms with Gasteiger partial charge in [0.25, 0.3) is 0 Å². The van der Waals surface area contributed by atoms with E-state index in [4.69, 9.17) is 0 Å². The summed E-state index contributed by atoms with van der Waals surface area (Å²) in [6.45, 7) is 3.51. The number of carbonyl (C=O) groups is 1. The average molecular weight is 178 g/mol. The normalized spacial score (nSPS) is 9.46. The van der Waals surface area contributed by atoms with E-state index in [9.17, 15) is 4.79 Å². The van der Waals surface area contributed by atoms with Crippen LogP contribution < -0.4 is 10.4 Å². The van der Waals surface area contributed by atoms with Gasteiger partial charge >= 0.3 is 0 Å². The summed E-state index contributed by atoms with van der Waals surface area (Å²) in [5.41, 5.74) is 4.84. The topological polar surface area (TPSA) is 32.3 Å². The molecule has 0 fully saturated rings. The number of anilines is 1. The Labute approximate surface area is 78.3 Å². The van der Waals surface area contributed by atoms with E-state index in [2.05, 4.69) is 5.43 Å². The molecule has 0 spiro atoms. The van der Waals surface area contributed by atoms with Gasteiger partial charge in [-0.1, -0.05) is 12.1 Å². The third kappa shape index (κ3) is 2.78. The van der Waals surface area contributed by atoms with Gasteiger partial charge in [0.15, 0.2) is 0 Å². The van der Waals surface area contributed by atoms with Crippen LogP contribution >= 0.6 is 0 Å². The third-order valence-electron chi connectivity index (χ3n) is 1.71. The van der Waals surface area contributed by atoms with Crippen LogP contribution in [0.15, 0.2) is 24.3 Å². The molecule has 1 N–H and O–H groups in total. The van der Waals surface area contributed by atoms with Crippen molar-refractivity contribution in [3.05, 3.63) is 29.8 Å². The summed E-state index contributed by atoms with van der Waals surface area (Å²) in [5, 5.41) is 1.70. The zero-order chi connectivity index (χ0) is 9.84. The third-order valence-corrected chi connectivity index (χ3v) is 1.71. The highest BCUT2D eigenvalue weighted by Gasteiger charge is 2.00. The summed E-state index contributed by atoms with van der Waals surface area (Å²) in [4.78, 5) is 10.8. The summed E-state index contributed by atoms with van der Waals surface area (Å²) in [6.07, 6.45) is 0. The summed E-state index contributed by atoms with van der Waals surface area (Å²) in [6, 6.07) is 7.94.